The molecular formula is C18H14FNO3S. The molecule has 1 aliphatic rings. The van der Waals surface area contributed by atoms with Crippen LogP contribution in [0.25, 0.3) is 6.08 Å². The van der Waals surface area contributed by atoms with Gasteiger partial charge in [0.15, 0.2) is 0 Å². The van der Waals surface area contributed by atoms with Gasteiger partial charge in [0, 0.05) is 7.05 Å². The molecule has 1 saturated heterocycles. The molecule has 1 aliphatic heterocycles. The zero-order valence-corrected chi connectivity index (χ0v) is 13.7. The summed E-state index contributed by atoms with van der Waals surface area (Å²) in [6.45, 7) is 0.270. The molecular weight excluding hydrogens is 329 g/mol. The number of carbonyl (C=O) groups excluding carboxylic acids is 2. The summed E-state index contributed by atoms with van der Waals surface area (Å²) in [7, 11) is 1.46. The van der Waals surface area contributed by atoms with Crippen molar-refractivity contribution in [3.05, 3.63) is 70.4 Å². The average molecular weight is 343 g/mol. The largest absolute Gasteiger partial charge is 0.489 e. The van der Waals surface area contributed by atoms with E-state index in [-0.39, 0.29) is 23.6 Å². The SMILES string of the molecule is CN1C(=O)S/C(=C\c2ccc(OCc3cccc(F)c3)cc2)C1=O. The predicted octanol–water partition coefficient (Wildman–Crippen LogP) is 4.07. The van der Waals surface area contributed by atoms with Crippen molar-refractivity contribution in [2.24, 2.45) is 0 Å². The summed E-state index contributed by atoms with van der Waals surface area (Å²) in [4.78, 5) is 24.8. The summed E-state index contributed by atoms with van der Waals surface area (Å²) in [6.07, 6.45) is 1.67. The Morgan fingerprint density at radius 3 is 2.54 bits per heavy atom. The maximum absolute atomic E-state index is 13.1. The first-order valence-corrected chi connectivity index (χ1v) is 8.03. The van der Waals surface area contributed by atoms with Gasteiger partial charge in [-0.15, -0.1) is 0 Å². The number of thioether (sulfide) groups is 1. The number of halogens is 1. The summed E-state index contributed by atoms with van der Waals surface area (Å²) in [5.74, 6) is 0.0488. The van der Waals surface area contributed by atoms with Crippen molar-refractivity contribution in [2.75, 3.05) is 7.05 Å². The van der Waals surface area contributed by atoms with Crippen LogP contribution in [0.3, 0.4) is 0 Å². The van der Waals surface area contributed by atoms with Gasteiger partial charge >= 0.3 is 0 Å². The molecule has 3 rings (SSSR count). The standard InChI is InChI=1S/C18H14FNO3S/c1-20-17(21)16(24-18(20)22)10-12-5-7-15(8-6-12)23-11-13-3-2-4-14(19)9-13/h2-10H,11H2,1H3/b16-10-. The van der Waals surface area contributed by atoms with E-state index in [9.17, 15) is 14.0 Å². The summed E-state index contributed by atoms with van der Waals surface area (Å²) < 4.78 is 18.7. The molecule has 2 aromatic carbocycles. The van der Waals surface area contributed by atoms with E-state index in [2.05, 4.69) is 0 Å². The van der Waals surface area contributed by atoms with Crippen molar-refractivity contribution in [3.8, 4) is 5.75 Å². The highest BCUT2D eigenvalue weighted by Crippen LogP contribution is 2.31. The lowest BCUT2D eigenvalue weighted by Gasteiger charge is -2.07. The van der Waals surface area contributed by atoms with Crippen molar-refractivity contribution in [1.82, 2.24) is 4.90 Å². The van der Waals surface area contributed by atoms with Crippen LogP contribution in [-0.4, -0.2) is 23.1 Å². The lowest BCUT2D eigenvalue weighted by atomic mass is 10.2. The third-order valence-corrected chi connectivity index (χ3v) is 4.42. The van der Waals surface area contributed by atoms with Gasteiger partial charge in [-0.1, -0.05) is 24.3 Å². The van der Waals surface area contributed by atoms with Crippen LogP contribution in [-0.2, 0) is 11.4 Å². The maximum Gasteiger partial charge on any atom is 0.293 e. The van der Waals surface area contributed by atoms with Gasteiger partial charge in [0.05, 0.1) is 4.91 Å². The van der Waals surface area contributed by atoms with Crippen molar-refractivity contribution >= 4 is 29.0 Å². The highest BCUT2D eigenvalue weighted by atomic mass is 32.2. The Balaban J connectivity index is 1.65. The van der Waals surface area contributed by atoms with E-state index in [0.717, 1.165) is 27.8 Å². The van der Waals surface area contributed by atoms with Gasteiger partial charge in [-0.25, -0.2) is 4.39 Å². The van der Waals surface area contributed by atoms with Crippen LogP contribution in [0.1, 0.15) is 11.1 Å². The van der Waals surface area contributed by atoms with E-state index in [4.69, 9.17) is 4.74 Å². The van der Waals surface area contributed by atoms with E-state index in [1.54, 1.807) is 42.5 Å². The molecule has 0 radical (unpaired) electrons. The number of hydrogen-bond donors (Lipinski definition) is 0. The molecule has 0 aliphatic carbocycles. The zero-order valence-electron chi connectivity index (χ0n) is 12.9. The number of benzene rings is 2. The van der Waals surface area contributed by atoms with Gasteiger partial charge in [-0.05, 0) is 53.2 Å². The molecule has 6 heteroatoms. The lowest BCUT2D eigenvalue weighted by Crippen LogP contribution is -2.22. The molecule has 0 atom stereocenters. The Morgan fingerprint density at radius 1 is 1.17 bits per heavy atom. The van der Waals surface area contributed by atoms with Crippen LogP contribution in [0.15, 0.2) is 53.4 Å². The first-order valence-electron chi connectivity index (χ1n) is 7.22. The quantitative estimate of drug-likeness (QED) is 0.785. The summed E-state index contributed by atoms with van der Waals surface area (Å²) in [6, 6.07) is 13.4. The highest BCUT2D eigenvalue weighted by molar-refractivity contribution is 8.18. The van der Waals surface area contributed by atoms with E-state index < -0.39 is 0 Å². The summed E-state index contributed by atoms with van der Waals surface area (Å²) >= 11 is 0.921. The van der Waals surface area contributed by atoms with E-state index >= 15 is 0 Å². The molecule has 0 saturated carbocycles. The number of rotatable bonds is 4. The number of nitrogens with zero attached hydrogens (tertiary/aromatic N) is 1. The first kappa shape index (κ1) is 16.3. The van der Waals surface area contributed by atoms with E-state index in [0.29, 0.717) is 10.7 Å². The molecule has 0 aromatic heterocycles. The fraction of sp³-hybridized carbons (Fsp3) is 0.111. The van der Waals surface area contributed by atoms with Crippen LogP contribution in [0, 0.1) is 5.82 Å². The number of hydrogen-bond acceptors (Lipinski definition) is 4. The second-order valence-electron chi connectivity index (χ2n) is 5.23. The number of likely N-dealkylation sites (N-methyl/N-ethyl adjacent to an activating group) is 1. The third kappa shape index (κ3) is 3.65. The lowest BCUT2D eigenvalue weighted by molar-refractivity contribution is -0.121. The molecule has 2 aromatic rings. The van der Waals surface area contributed by atoms with Crippen LogP contribution >= 0.6 is 11.8 Å². The molecule has 0 N–H and O–H groups in total. The molecule has 122 valence electrons. The number of amides is 2. The molecule has 1 fully saturated rings. The molecule has 4 nitrogen and oxygen atoms in total. The van der Waals surface area contributed by atoms with Crippen molar-refractivity contribution in [1.29, 1.82) is 0 Å². The Morgan fingerprint density at radius 2 is 1.92 bits per heavy atom. The fourth-order valence-corrected chi connectivity index (χ4v) is 2.98. The summed E-state index contributed by atoms with van der Waals surface area (Å²) in [5.41, 5.74) is 1.54. The summed E-state index contributed by atoms with van der Waals surface area (Å²) in [5, 5.41) is -0.277. The van der Waals surface area contributed by atoms with Crippen LogP contribution in [0.2, 0.25) is 0 Å². The molecule has 1 heterocycles. The van der Waals surface area contributed by atoms with Crippen LogP contribution in [0.5, 0.6) is 5.75 Å². The molecule has 0 unspecified atom stereocenters. The van der Waals surface area contributed by atoms with E-state index in [1.165, 1.54) is 19.2 Å². The monoisotopic (exact) mass is 343 g/mol. The minimum absolute atomic E-state index is 0.270. The van der Waals surface area contributed by atoms with Gasteiger partial charge in [0.25, 0.3) is 11.1 Å². The van der Waals surface area contributed by atoms with Gasteiger partial charge in [0.1, 0.15) is 18.2 Å². The smallest absolute Gasteiger partial charge is 0.293 e. The molecule has 24 heavy (non-hydrogen) atoms. The Labute approximate surface area is 142 Å². The van der Waals surface area contributed by atoms with Crippen molar-refractivity contribution in [2.45, 2.75) is 6.61 Å². The minimum Gasteiger partial charge on any atom is -0.489 e. The normalized spacial score (nSPS) is 16.1. The maximum atomic E-state index is 13.1. The van der Waals surface area contributed by atoms with Crippen molar-refractivity contribution in [3.63, 3.8) is 0 Å². The van der Waals surface area contributed by atoms with Gasteiger partial charge < -0.3 is 4.74 Å². The second-order valence-corrected chi connectivity index (χ2v) is 6.22. The first-order chi connectivity index (χ1) is 11.5. The zero-order chi connectivity index (χ0) is 17.1. The third-order valence-electron chi connectivity index (χ3n) is 3.46. The fourth-order valence-electron chi connectivity index (χ4n) is 2.15. The number of carbonyl (C=O) groups is 2. The average Bonchev–Trinajstić information content (AvgIpc) is 2.81. The Hall–Kier alpha value is -2.60. The van der Waals surface area contributed by atoms with Crippen LogP contribution in [0.4, 0.5) is 9.18 Å². The molecule has 2 amide bonds. The minimum atomic E-state index is -0.295. The topological polar surface area (TPSA) is 46.6 Å². The Kier molecular flexibility index (Phi) is 4.66. The van der Waals surface area contributed by atoms with Crippen molar-refractivity contribution < 1.29 is 18.7 Å². The highest BCUT2D eigenvalue weighted by Gasteiger charge is 2.31. The van der Waals surface area contributed by atoms with E-state index in [1.807, 2.05) is 0 Å². The number of imide groups is 1. The molecule has 0 bridgehead atoms. The number of ether oxygens (including phenoxy) is 1. The van der Waals surface area contributed by atoms with Crippen LogP contribution < -0.4 is 4.74 Å². The van der Waals surface area contributed by atoms with Gasteiger partial charge in [-0.2, -0.15) is 0 Å². The van der Waals surface area contributed by atoms with Gasteiger partial charge in [-0.3, -0.25) is 14.5 Å². The predicted molar refractivity (Wildman–Crippen MR) is 90.9 cm³/mol. The molecule has 0 spiro atoms. The second kappa shape index (κ2) is 6.88. The van der Waals surface area contributed by atoms with Gasteiger partial charge in [0.2, 0.25) is 0 Å². The Bertz CT molecular complexity index is 817.